The van der Waals surface area contributed by atoms with Crippen molar-refractivity contribution in [3.63, 3.8) is 0 Å². The number of oxazole rings is 1. The van der Waals surface area contributed by atoms with E-state index in [0.29, 0.717) is 31.3 Å². The quantitative estimate of drug-likeness (QED) is 0.353. The number of rotatable bonds is 11. The Morgan fingerprint density at radius 2 is 1.66 bits per heavy atom. The first-order valence-corrected chi connectivity index (χ1v) is 12.9. The summed E-state index contributed by atoms with van der Waals surface area (Å²) in [7, 11) is 1.63. The van der Waals surface area contributed by atoms with Crippen LogP contribution in [0, 0.1) is 27.7 Å². The van der Waals surface area contributed by atoms with E-state index < -0.39 is 11.6 Å². The Morgan fingerprint density at radius 3 is 2.24 bits per heavy atom. The number of hydrogen-bond donors (Lipinski definition) is 1. The van der Waals surface area contributed by atoms with Crippen LogP contribution < -0.4 is 10.1 Å². The summed E-state index contributed by atoms with van der Waals surface area (Å²) in [6, 6.07) is 12.1. The highest BCUT2D eigenvalue weighted by Crippen LogP contribution is 2.30. The summed E-state index contributed by atoms with van der Waals surface area (Å²) < 4.78 is 17.2. The van der Waals surface area contributed by atoms with Crippen LogP contribution in [0.15, 0.2) is 40.8 Å². The maximum absolute atomic E-state index is 12.3. The molecular weight excluding hydrogens is 482 g/mol. The van der Waals surface area contributed by atoms with Gasteiger partial charge in [-0.3, -0.25) is 9.69 Å². The smallest absolute Gasteiger partial charge is 0.349 e. The van der Waals surface area contributed by atoms with Crippen molar-refractivity contribution in [1.82, 2.24) is 15.2 Å². The molecule has 0 saturated heterocycles. The van der Waals surface area contributed by atoms with Crippen molar-refractivity contribution in [3.8, 4) is 17.2 Å². The van der Waals surface area contributed by atoms with Gasteiger partial charge in [-0.1, -0.05) is 29.8 Å². The van der Waals surface area contributed by atoms with Crippen molar-refractivity contribution >= 4 is 11.9 Å². The molecule has 0 bridgehead atoms. The molecule has 3 rings (SSSR count). The third-order valence-corrected chi connectivity index (χ3v) is 6.26. The number of carbonyl (C=O) groups is 2. The molecule has 204 valence electrons. The molecule has 3 aromatic rings. The van der Waals surface area contributed by atoms with E-state index >= 15 is 0 Å². The molecule has 0 fully saturated rings. The molecule has 1 amide bonds. The van der Waals surface area contributed by atoms with Gasteiger partial charge in [0.2, 0.25) is 11.8 Å². The molecular formula is C30H39N3O5. The molecule has 0 radical (unpaired) electrons. The molecule has 8 nitrogen and oxygen atoms in total. The van der Waals surface area contributed by atoms with Crippen molar-refractivity contribution in [1.29, 1.82) is 0 Å². The fraction of sp³-hybridized carbons (Fsp3) is 0.433. The summed E-state index contributed by atoms with van der Waals surface area (Å²) in [5, 5.41) is 2.71. The van der Waals surface area contributed by atoms with E-state index in [1.54, 1.807) is 27.8 Å². The number of nitrogens with zero attached hydrogens (tertiary/aromatic N) is 2. The number of aryl methyl sites for hydroxylation is 4. The van der Waals surface area contributed by atoms with Gasteiger partial charge in [0, 0.05) is 25.7 Å². The number of likely N-dealkylation sites (N-methyl/N-ethyl adjacent to an activating group) is 1. The molecule has 1 N–H and O–H groups in total. The van der Waals surface area contributed by atoms with Gasteiger partial charge >= 0.3 is 5.97 Å². The van der Waals surface area contributed by atoms with Crippen LogP contribution in [0.1, 0.15) is 54.5 Å². The molecule has 0 aliphatic rings. The highest BCUT2D eigenvalue weighted by atomic mass is 16.6. The summed E-state index contributed by atoms with van der Waals surface area (Å²) in [5.41, 5.74) is 4.57. The SMILES string of the molecule is CCOC(=O)C(C)(C)Oc1c(C)cc(CN(CC(=O)NC)Cc2nc(-c3ccc(C)cc3)oc2C)cc1C. The predicted molar refractivity (Wildman–Crippen MR) is 147 cm³/mol. The molecule has 38 heavy (non-hydrogen) atoms. The molecule has 8 heteroatoms. The van der Waals surface area contributed by atoms with Crippen LogP contribution in [-0.2, 0) is 27.4 Å². The minimum absolute atomic E-state index is 0.0884. The Morgan fingerprint density at radius 1 is 1.03 bits per heavy atom. The Hall–Kier alpha value is -3.65. The second-order valence-corrected chi connectivity index (χ2v) is 10.1. The van der Waals surface area contributed by atoms with Gasteiger partial charge < -0.3 is 19.2 Å². The fourth-order valence-corrected chi connectivity index (χ4v) is 4.21. The number of hydrogen-bond acceptors (Lipinski definition) is 7. The third-order valence-electron chi connectivity index (χ3n) is 6.26. The number of benzene rings is 2. The molecule has 0 aliphatic heterocycles. The van der Waals surface area contributed by atoms with E-state index in [9.17, 15) is 9.59 Å². The number of ether oxygens (including phenoxy) is 2. The predicted octanol–water partition coefficient (Wildman–Crippen LogP) is 5.04. The topological polar surface area (TPSA) is 93.9 Å². The average molecular weight is 522 g/mol. The summed E-state index contributed by atoms with van der Waals surface area (Å²) in [6.07, 6.45) is 0. The normalized spacial score (nSPS) is 11.5. The van der Waals surface area contributed by atoms with Gasteiger partial charge in [0.25, 0.3) is 0 Å². The van der Waals surface area contributed by atoms with Crippen LogP contribution in [0.25, 0.3) is 11.5 Å². The fourth-order valence-electron chi connectivity index (χ4n) is 4.21. The summed E-state index contributed by atoms with van der Waals surface area (Å²) >= 11 is 0. The van der Waals surface area contributed by atoms with Gasteiger partial charge in [0.05, 0.1) is 18.8 Å². The molecule has 1 heterocycles. The van der Waals surface area contributed by atoms with E-state index in [0.717, 1.165) is 33.7 Å². The Kier molecular flexibility index (Phi) is 9.33. The van der Waals surface area contributed by atoms with Gasteiger partial charge in [0.15, 0.2) is 5.60 Å². The van der Waals surface area contributed by atoms with Crippen LogP contribution in [0.3, 0.4) is 0 Å². The minimum Gasteiger partial charge on any atom is -0.476 e. The minimum atomic E-state index is -1.11. The highest BCUT2D eigenvalue weighted by molar-refractivity contribution is 5.79. The van der Waals surface area contributed by atoms with Crippen molar-refractivity contribution in [2.75, 3.05) is 20.2 Å². The first-order valence-electron chi connectivity index (χ1n) is 12.9. The van der Waals surface area contributed by atoms with Gasteiger partial charge in [-0.15, -0.1) is 0 Å². The number of esters is 1. The van der Waals surface area contributed by atoms with E-state index in [-0.39, 0.29) is 12.5 Å². The van der Waals surface area contributed by atoms with Crippen LogP contribution in [0.5, 0.6) is 5.75 Å². The van der Waals surface area contributed by atoms with Crippen molar-refractivity contribution in [2.45, 2.75) is 67.2 Å². The van der Waals surface area contributed by atoms with Crippen molar-refractivity contribution < 1.29 is 23.5 Å². The third kappa shape index (κ3) is 7.22. The first-order chi connectivity index (χ1) is 17.9. The van der Waals surface area contributed by atoms with E-state index in [1.807, 2.05) is 69.0 Å². The van der Waals surface area contributed by atoms with E-state index in [2.05, 4.69) is 5.32 Å². The van der Waals surface area contributed by atoms with Crippen LogP contribution in [0.4, 0.5) is 0 Å². The highest BCUT2D eigenvalue weighted by Gasteiger charge is 2.32. The lowest BCUT2D eigenvalue weighted by Crippen LogP contribution is -2.40. The average Bonchev–Trinajstić information content (AvgIpc) is 3.21. The number of aromatic nitrogens is 1. The molecule has 0 spiro atoms. The lowest BCUT2D eigenvalue weighted by molar-refractivity contribution is -0.158. The summed E-state index contributed by atoms with van der Waals surface area (Å²) in [4.78, 5) is 31.5. The first kappa shape index (κ1) is 28.9. The van der Waals surface area contributed by atoms with Crippen LogP contribution >= 0.6 is 0 Å². The summed E-state index contributed by atoms with van der Waals surface area (Å²) in [6.45, 7) is 14.5. The second kappa shape index (κ2) is 12.3. The monoisotopic (exact) mass is 521 g/mol. The van der Waals surface area contributed by atoms with E-state index in [1.165, 1.54) is 5.56 Å². The largest absolute Gasteiger partial charge is 0.476 e. The number of carbonyl (C=O) groups excluding carboxylic acids is 2. The zero-order valence-electron chi connectivity index (χ0n) is 23.7. The van der Waals surface area contributed by atoms with Gasteiger partial charge in [-0.25, -0.2) is 9.78 Å². The molecule has 1 aromatic heterocycles. The molecule has 0 unspecified atom stereocenters. The van der Waals surface area contributed by atoms with E-state index in [4.69, 9.17) is 18.9 Å². The Labute approximate surface area is 225 Å². The van der Waals surface area contributed by atoms with Crippen molar-refractivity contribution in [3.05, 3.63) is 70.1 Å². The van der Waals surface area contributed by atoms with Gasteiger partial charge in [0.1, 0.15) is 11.5 Å². The van der Waals surface area contributed by atoms with Gasteiger partial charge in [-0.2, -0.15) is 0 Å². The van der Waals surface area contributed by atoms with Gasteiger partial charge in [-0.05, 0) is 77.3 Å². The zero-order chi connectivity index (χ0) is 28.0. The molecule has 0 saturated carbocycles. The van der Waals surface area contributed by atoms with Crippen LogP contribution in [-0.4, -0.2) is 47.6 Å². The molecule has 0 atom stereocenters. The second-order valence-electron chi connectivity index (χ2n) is 10.1. The standard InChI is InChI=1S/C30H39N3O5/c1-9-36-29(35)30(6,7)38-27-20(3)14-23(15-21(27)4)16-33(18-26(34)31-8)17-25-22(5)37-28(32-25)24-12-10-19(2)11-13-24/h10-15H,9,16-18H2,1-8H3,(H,31,34). The number of nitrogens with one attached hydrogen (secondary N) is 1. The maximum atomic E-state index is 12.3. The Bertz CT molecular complexity index is 1250. The maximum Gasteiger partial charge on any atom is 0.349 e. The lowest BCUT2D eigenvalue weighted by Gasteiger charge is -2.27. The zero-order valence-corrected chi connectivity index (χ0v) is 23.7. The molecule has 0 aliphatic carbocycles. The van der Waals surface area contributed by atoms with Crippen molar-refractivity contribution in [2.24, 2.45) is 0 Å². The summed E-state index contributed by atoms with van der Waals surface area (Å²) in [5.74, 6) is 1.44. The molecule has 2 aromatic carbocycles. The number of amides is 1. The Balaban J connectivity index is 1.83. The lowest BCUT2D eigenvalue weighted by atomic mass is 10.0. The van der Waals surface area contributed by atoms with Crippen LogP contribution in [0.2, 0.25) is 0 Å².